The minimum atomic E-state index is 0.223. The van der Waals surface area contributed by atoms with Gasteiger partial charge in [-0.1, -0.05) is 13.0 Å². The molecule has 104 valence electrons. The Labute approximate surface area is 114 Å². The Morgan fingerprint density at radius 2 is 2.32 bits per heavy atom. The van der Waals surface area contributed by atoms with Gasteiger partial charge >= 0.3 is 0 Å². The number of hydrogen-bond donors (Lipinski definition) is 1. The fraction of sp³-hybridized carbons (Fsp3) is 0.533. The number of carbonyl (C=O) groups excluding carboxylic acids is 1. The Morgan fingerprint density at radius 1 is 1.47 bits per heavy atom. The van der Waals surface area contributed by atoms with Gasteiger partial charge in [0.15, 0.2) is 0 Å². The molecule has 1 fully saturated rings. The van der Waals surface area contributed by atoms with Gasteiger partial charge in [-0.3, -0.25) is 4.79 Å². The lowest BCUT2D eigenvalue weighted by atomic mass is 10.2. The van der Waals surface area contributed by atoms with Crippen LogP contribution in [0.5, 0.6) is 0 Å². The van der Waals surface area contributed by atoms with Crippen LogP contribution in [0.2, 0.25) is 0 Å². The van der Waals surface area contributed by atoms with Crippen LogP contribution in [0.4, 0.5) is 11.4 Å². The van der Waals surface area contributed by atoms with Crippen molar-refractivity contribution in [3.63, 3.8) is 0 Å². The summed E-state index contributed by atoms with van der Waals surface area (Å²) in [6.45, 7) is 3.64. The van der Waals surface area contributed by atoms with Crippen molar-refractivity contribution in [3.05, 3.63) is 24.3 Å². The topological polar surface area (TPSA) is 41.6 Å². The maximum atomic E-state index is 11.8. The minimum absolute atomic E-state index is 0.223. The van der Waals surface area contributed by atoms with Crippen molar-refractivity contribution in [1.29, 1.82) is 0 Å². The number of hydrogen-bond acceptors (Lipinski definition) is 3. The molecule has 4 nitrogen and oxygen atoms in total. The summed E-state index contributed by atoms with van der Waals surface area (Å²) in [4.78, 5) is 13.6. The highest BCUT2D eigenvalue weighted by atomic mass is 16.5. The van der Waals surface area contributed by atoms with Crippen LogP contribution < -0.4 is 10.2 Å². The lowest BCUT2D eigenvalue weighted by Crippen LogP contribution is -2.25. The van der Waals surface area contributed by atoms with Crippen LogP contribution in [-0.2, 0) is 9.53 Å². The van der Waals surface area contributed by atoms with Crippen LogP contribution >= 0.6 is 0 Å². The van der Waals surface area contributed by atoms with Gasteiger partial charge in [0.25, 0.3) is 0 Å². The summed E-state index contributed by atoms with van der Waals surface area (Å²) < 4.78 is 5.19. The molecule has 1 aromatic carbocycles. The first-order chi connectivity index (χ1) is 9.24. The molecule has 0 saturated carbocycles. The van der Waals surface area contributed by atoms with Gasteiger partial charge in [0.05, 0.1) is 6.61 Å². The molecule has 1 aliphatic heterocycles. The Kier molecular flexibility index (Phi) is 4.80. The lowest BCUT2D eigenvalue weighted by Gasteiger charge is -2.20. The van der Waals surface area contributed by atoms with Crippen LogP contribution in [0.15, 0.2) is 24.3 Å². The summed E-state index contributed by atoms with van der Waals surface area (Å²) in [5, 5.41) is 3.45. The molecule has 1 amide bonds. The molecule has 0 spiro atoms. The molecule has 4 heteroatoms. The van der Waals surface area contributed by atoms with Crippen LogP contribution in [0, 0.1) is 0 Å². The maximum absolute atomic E-state index is 11.8. The molecule has 1 atom stereocenters. The molecular weight excluding hydrogens is 240 g/mol. The van der Waals surface area contributed by atoms with E-state index in [1.54, 1.807) is 7.11 Å². The zero-order valence-corrected chi connectivity index (χ0v) is 11.7. The van der Waals surface area contributed by atoms with E-state index in [-0.39, 0.29) is 5.91 Å². The van der Waals surface area contributed by atoms with Crippen LogP contribution in [0.3, 0.4) is 0 Å². The fourth-order valence-corrected chi connectivity index (χ4v) is 2.38. The number of nitrogens with one attached hydrogen (secondary N) is 1. The average molecular weight is 262 g/mol. The van der Waals surface area contributed by atoms with E-state index in [4.69, 9.17) is 4.74 Å². The van der Waals surface area contributed by atoms with Crippen molar-refractivity contribution in [1.82, 2.24) is 0 Å². The maximum Gasteiger partial charge on any atom is 0.227 e. The van der Waals surface area contributed by atoms with Gasteiger partial charge in [-0.15, -0.1) is 0 Å². The third-order valence-corrected chi connectivity index (χ3v) is 3.46. The van der Waals surface area contributed by atoms with Gasteiger partial charge in [0.1, 0.15) is 0 Å². The Hall–Kier alpha value is -1.55. The summed E-state index contributed by atoms with van der Waals surface area (Å²) in [7, 11) is 1.71. The molecule has 1 aliphatic rings. The third kappa shape index (κ3) is 3.47. The highest BCUT2D eigenvalue weighted by Gasteiger charge is 2.21. The molecule has 0 bridgehead atoms. The number of amides is 1. The van der Waals surface area contributed by atoms with Crippen molar-refractivity contribution in [3.8, 4) is 0 Å². The highest BCUT2D eigenvalue weighted by molar-refractivity contribution is 5.95. The van der Waals surface area contributed by atoms with E-state index in [1.165, 1.54) is 0 Å². The molecule has 1 saturated heterocycles. The number of benzene rings is 1. The molecule has 0 radical (unpaired) electrons. The van der Waals surface area contributed by atoms with E-state index in [1.807, 2.05) is 29.2 Å². The van der Waals surface area contributed by atoms with Crippen molar-refractivity contribution in [2.24, 2.45) is 0 Å². The predicted octanol–water partition coefficient (Wildman–Crippen LogP) is 2.65. The van der Waals surface area contributed by atoms with E-state index >= 15 is 0 Å². The Morgan fingerprint density at radius 3 is 2.95 bits per heavy atom. The third-order valence-electron chi connectivity index (χ3n) is 3.46. The lowest BCUT2D eigenvalue weighted by molar-refractivity contribution is -0.117. The first-order valence-electron chi connectivity index (χ1n) is 6.90. The molecule has 0 aromatic heterocycles. The Balaban J connectivity index is 2.08. The monoisotopic (exact) mass is 262 g/mol. The summed E-state index contributed by atoms with van der Waals surface area (Å²) >= 11 is 0. The summed E-state index contributed by atoms with van der Waals surface area (Å²) in [6, 6.07) is 8.35. The second-order valence-electron chi connectivity index (χ2n) is 4.90. The zero-order chi connectivity index (χ0) is 13.7. The van der Waals surface area contributed by atoms with Crippen molar-refractivity contribution < 1.29 is 9.53 Å². The van der Waals surface area contributed by atoms with E-state index in [9.17, 15) is 4.79 Å². The smallest absolute Gasteiger partial charge is 0.227 e. The molecule has 19 heavy (non-hydrogen) atoms. The van der Waals surface area contributed by atoms with Crippen molar-refractivity contribution in [2.45, 2.75) is 32.2 Å². The highest BCUT2D eigenvalue weighted by Crippen LogP contribution is 2.24. The van der Waals surface area contributed by atoms with Crippen molar-refractivity contribution in [2.75, 3.05) is 30.5 Å². The average Bonchev–Trinajstić information content (AvgIpc) is 2.85. The van der Waals surface area contributed by atoms with Crippen LogP contribution in [0.25, 0.3) is 0 Å². The van der Waals surface area contributed by atoms with Gasteiger partial charge in [-0.25, -0.2) is 0 Å². The molecular formula is C15H22N2O2. The quantitative estimate of drug-likeness (QED) is 0.857. The van der Waals surface area contributed by atoms with Gasteiger partial charge < -0.3 is 15.0 Å². The number of anilines is 2. The molecule has 1 N–H and O–H groups in total. The van der Waals surface area contributed by atoms with Gasteiger partial charge in [-0.2, -0.15) is 0 Å². The van der Waals surface area contributed by atoms with Gasteiger partial charge in [-0.05, 0) is 31.0 Å². The van der Waals surface area contributed by atoms with E-state index < -0.39 is 0 Å². The predicted molar refractivity (Wildman–Crippen MR) is 77.6 cm³/mol. The van der Waals surface area contributed by atoms with Crippen LogP contribution in [0.1, 0.15) is 26.2 Å². The molecule has 1 heterocycles. The SMILES string of the molecule is CCC(COC)Nc1cccc(N2CCCC2=O)c1. The fourth-order valence-electron chi connectivity index (χ4n) is 2.38. The van der Waals surface area contributed by atoms with E-state index in [0.717, 1.165) is 30.8 Å². The number of nitrogens with zero attached hydrogens (tertiary/aromatic N) is 1. The van der Waals surface area contributed by atoms with E-state index in [2.05, 4.69) is 12.2 Å². The summed E-state index contributed by atoms with van der Waals surface area (Å²) in [5.41, 5.74) is 2.03. The summed E-state index contributed by atoms with van der Waals surface area (Å²) in [6.07, 6.45) is 2.62. The number of carbonyl (C=O) groups is 1. The first kappa shape index (κ1) is 13.9. The Bertz CT molecular complexity index is 434. The summed E-state index contributed by atoms with van der Waals surface area (Å²) in [5.74, 6) is 0.223. The molecule has 0 aliphatic carbocycles. The molecule has 1 aromatic rings. The van der Waals surface area contributed by atoms with E-state index in [0.29, 0.717) is 19.1 Å². The van der Waals surface area contributed by atoms with Crippen molar-refractivity contribution >= 4 is 17.3 Å². The number of rotatable bonds is 6. The molecule has 2 rings (SSSR count). The number of methoxy groups -OCH3 is 1. The zero-order valence-electron chi connectivity index (χ0n) is 11.7. The molecule has 1 unspecified atom stereocenters. The minimum Gasteiger partial charge on any atom is -0.383 e. The number of ether oxygens (including phenoxy) is 1. The standard InChI is InChI=1S/C15H22N2O2/c1-3-12(11-19-2)16-13-6-4-7-14(10-13)17-9-5-8-15(17)18/h4,6-7,10,12,16H,3,5,8-9,11H2,1-2H3. The second kappa shape index (κ2) is 6.57. The van der Waals surface area contributed by atoms with Crippen LogP contribution in [-0.4, -0.2) is 32.2 Å². The largest absolute Gasteiger partial charge is 0.383 e. The first-order valence-corrected chi connectivity index (χ1v) is 6.90. The second-order valence-corrected chi connectivity index (χ2v) is 4.90. The van der Waals surface area contributed by atoms with Gasteiger partial charge in [0.2, 0.25) is 5.91 Å². The normalized spacial score (nSPS) is 16.7. The van der Waals surface area contributed by atoms with Gasteiger partial charge in [0, 0.05) is 37.5 Å².